The number of hydrogen-bond donors (Lipinski definition) is 2. The number of aryl methyl sites for hydroxylation is 2. The van der Waals surface area contributed by atoms with Crippen LogP contribution in [0.3, 0.4) is 0 Å². The minimum atomic E-state index is -0.404. The van der Waals surface area contributed by atoms with Crippen LogP contribution in [0.4, 0.5) is 0 Å². The van der Waals surface area contributed by atoms with E-state index in [0.29, 0.717) is 11.1 Å². The van der Waals surface area contributed by atoms with Gasteiger partial charge in [-0.2, -0.15) is 0 Å². The molecule has 2 rings (SSSR count). The number of hydrogen-bond acceptors (Lipinski definition) is 3. The van der Waals surface area contributed by atoms with Gasteiger partial charge in [0.1, 0.15) is 0 Å². The van der Waals surface area contributed by atoms with Crippen LogP contribution in [-0.2, 0) is 11.2 Å². The van der Waals surface area contributed by atoms with Crippen LogP contribution >= 0.6 is 0 Å². The predicted octanol–water partition coefficient (Wildman–Crippen LogP) is 2.98. The molecule has 0 aromatic heterocycles. The van der Waals surface area contributed by atoms with Crippen molar-refractivity contribution in [3.05, 3.63) is 70.8 Å². The first-order chi connectivity index (χ1) is 12.0. The van der Waals surface area contributed by atoms with Gasteiger partial charge >= 0.3 is 0 Å². The highest BCUT2D eigenvalue weighted by atomic mass is 16.2. The van der Waals surface area contributed by atoms with Crippen molar-refractivity contribution in [2.24, 2.45) is 0 Å². The van der Waals surface area contributed by atoms with E-state index in [0.717, 1.165) is 17.5 Å². The van der Waals surface area contributed by atoms with E-state index < -0.39 is 11.8 Å². The van der Waals surface area contributed by atoms with Crippen LogP contribution in [0.1, 0.15) is 51.6 Å². The SMILES string of the molecule is CCc1ccc(C(=O)CCC(=O)NNC(=O)c2ccc(C)cc2)cc1. The van der Waals surface area contributed by atoms with Crippen molar-refractivity contribution in [2.45, 2.75) is 33.1 Å². The fourth-order valence-electron chi connectivity index (χ4n) is 2.26. The zero-order valence-electron chi connectivity index (χ0n) is 14.5. The summed E-state index contributed by atoms with van der Waals surface area (Å²) in [6.07, 6.45) is 1.03. The van der Waals surface area contributed by atoms with Crippen LogP contribution in [0.15, 0.2) is 48.5 Å². The lowest BCUT2D eigenvalue weighted by Gasteiger charge is -2.07. The molecular formula is C20H22N2O3. The standard InChI is InChI=1S/C20H22N2O3/c1-3-15-6-10-16(11-7-15)18(23)12-13-19(24)21-22-20(25)17-8-4-14(2)5-9-17/h4-11H,3,12-13H2,1-2H3,(H,21,24)(H,22,25). The van der Waals surface area contributed by atoms with Crippen molar-refractivity contribution in [3.8, 4) is 0 Å². The molecule has 0 aliphatic heterocycles. The molecule has 0 spiro atoms. The maximum absolute atomic E-state index is 12.1. The average molecular weight is 338 g/mol. The molecule has 0 heterocycles. The van der Waals surface area contributed by atoms with Gasteiger partial charge in [-0.05, 0) is 31.0 Å². The summed E-state index contributed by atoms with van der Waals surface area (Å²) in [4.78, 5) is 35.8. The minimum Gasteiger partial charge on any atom is -0.294 e. The van der Waals surface area contributed by atoms with E-state index in [9.17, 15) is 14.4 Å². The van der Waals surface area contributed by atoms with Crippen LogP contribution in [0, 0.1) is 6.92 Å². The zero-order chi connectivity index (χ0) is 18.2. The first-order valence-electron chi connectivity index (χ1n) is 8.27. The largest absolute Gasteiger partial charge is 0.294 e. The Kier molecular flexibility index (Phi) is 6.46. The highest BCUT2D eigenvalue weighted by molar-refractivity contribution is 5.98. The van der Waals surface area contributed by atoms with Crippen LogP contribution in [-0.4, -0.2) is 17.6 Å². The van der Waals surface area contributed by atoms with Gasteiger partial charge in [-0.15, -0.1) is 0 Å². The lowest BCUT2D eigenvalue weighted by molar-refractivity contribution is -0.121. The van der Waals surface area contributed by atoms with Crippen LogP contribution in [0.5, 0.6) is 0 Å². The maximum Gasteiger partial charge on any atom is 0.269 e. The summed E-state index contributed by atoms with van der Waals surface area (Å²) in [5, 5.41) is 0. The van der Waals surface area contributed by atoms with Crippen LogP contribution < -0.4 is 10.9 Å². The Morgan fingerprint density at radius 2 is 1.40 bits per heavy atom. The molecule has 0 aliphatic carbocycles. The van der Waals surface area contributed by atoms with Crippen molar-refractivity contribution in [2.75, 3.05) is 0 Å². The summed E-state index contributed by atoms with van der Waals surface area (Å²) in [5.74, 6) is -0.892. The van der Waals surface area contributed by atoms with Crippen molar-refractivity contribution < 1.29 is 14.4 Å². The van der Waals surface area contributed by atoms with Gasteiger partial charge in [0.05, 0.1) is 0 Å². The summed E-state index contributed by atoms with van der Waals surface area (Å²) < 4.78 is 0. The molecule has 0 bridgehead atoms. The molecule has 5 heteroatoms. The summed E-state index contributed by atoms with van der Waals surface area (Å²) in [6.45, 7) is 3.97. The number of nitrogens with one attached hydrogen (secondary N) is 2. The van der Waals surface area contributed by atoms with Gasteiger partial charge in [-0.3, -0.25) is 25.2 Å². The van der Waals surface area contributed by atoms with E-state index >= 15 is 0 Å². The Labute approximate surface area is 147 Å². The minimum absolute atomic E-state index is 0.0164. The summed E-state index contributed by atoms with van der Waals surface area (Å²) in [6, 6.07) is 14.4. The molecule has 0 saturated carbocycles. The van der Waals surface area contributed by atoms with Crippen molar-refractivity contribution in [1.29, 1.82) is 0 Å². The molecule has 2 N–H and O–H groups in total. The molecule has 2 aromatic rings. The van der Waals surface area contributed by atoms with Gasteiger partial charge in [0.25, 0.3) is 5.91 Å². The molecule has 2 aromatic carbocycles. The summed E-state index contributed by atoms with van der Waals surface area (Å²) in [7, 11) is 0. The van der Waals surface area contributed by atoms with Crippen molar-refractivity contribution in [3.63, 3.8) is 0 Å². The molecule has 25 heavy (non-hydrogen) atoms. The normalized spacial score (nSPS) is 10.2. The number of hydrazine groups is 1. The molecular weight excluding hydrogens is 316 g/mol. The Morgan fingerprint density at radius 1 is 0.800 bits per heavy atom. The van der Waals surface area contributed by atoms with Gasteiger partial charge in [-0.25, -0.2) is 0 Å². The first kappa shape index (κ1) is 18.4. The molecule has 5 nitrogen and oxygen atoms in total. The molecule has 0 unspecified atom stereocenters. The van der Waals surface area contributed by atoms with E-state index in [2.05, 4.69) is 10.9 Å². The third-order valence-electron chi connectivity index (χ3n) is 3.89. The number of Topliss-reactive ketones (excluding diaryl/α,β-unsaturated/α-hetero) is 1. The lowest BCUT2D eigenvalue weighted by Crippen LogP contribution is -2.41. The smallest absolute Gasteiger partial charge is 0.269 e. The van der Waals surface area contributed by atoms with E-state index in [4.69, 9.17) is 0 Å². The topological polar surface area (TPSA) is 75.3 Å². The molecule has 0 saturated heterocycles. The second-order valence-electron chi connectivity index (χ2n) is 5.84. The predicted molar refractivity (Wildman–Crippen MR) is 96.2 cm³/mol. The number of ketones is 1. The molecule has 0 radical (unpaired) electrons. The van der Waals surface area contributed by atoms with Gasteiger partial charge in [0, 0.05) is 24.0 Å². The van der Waals surface area contributed by atoms with E-state index in [1.54, 1.807) is 24.3 Å². The molecule has 0 fully saturated rings. The molecule has 0 atom stereocenters. The van der Waals surface area contributed by atoms with Crippen molar-refractivity contribution in [1.82, 2.24) is 10.9 Å². The first-order valence-corrected chi connectivity index (χ1v) is 8.27. The fourth-order valence-corrected chi connectivity index (χ4v) is 2.26. The second kappa shape index (κ2) is 8.78. The van der Waals surface area contributed by atoms with Crippen molar-refractivity contribution >= 4 is 17.6 Å². The quantitative estimate of drug-likeness (QED) is 0.628. The second-order valence-corrected chi connectivity index (χ2v) is 5.84. The highest BCUT2D eigenvalue weighted by Gasteiger charge is 2.11. The fraction of sp³-hybridized carbons (Fsp3) is 0.250. The van der Waals surface area contributed by atoms with E-state index in [1.807, 2.05) is 38.1 Å². The van der Waals surface area contributed by atoms with Gasteiger partial charge in [0.15, 0.2) is 5.78 Å². The van der Waals surface area contributed by atoms with Gasteiger partial charge < -0.3 is 0 Å². The number of amides is 2. The Morgan fingerprint density at radius 3 is 2.00 bits per heavy atom. The zero-order valence-corrected chi connectivity index (χ0v) is 14.5. The molecule has 130 valence electrons. The number of carbonyl (C=O) groups excluding carboxylic acids is 3. The van der Waals surface area contributed by atoms with Crippen LogP contribution in [0.2, 0.25) is 0 Å². The average Bonchev–Trinajstić information content (AvgIpc) is 2.64. The highest BCUT2D eigenvalue weighted by Crippen LogP contribution is 2.09. The maximum atomic E-state index is 12.1. The Bertz CT molecular complexity index is 750. The number of benzene rings is 2. The Balaban J connectivity index is 1.77. The summed E-state index contributed by atoms with van der Waals surface area (Å²) >= 11 is 0. The third-order valence-corrected chi connectivity index (χ3v) is 3.89. The third kappa shape index (κ3) is 5.57. The van der Waals surface area contributed by atoms with E-state index in [1.165, 1.54) is 0 Å². The van der Waals surface area contributed by atoms with Crippen LogP contribution in [0.25, 0.3) is 0 Å². The number of carbonyl (C=O) groups is 3. The molecule has 2 amide bonds. The lowest BCUT2D eigenvalue weighted by atomic mass is 10.0. The number of rotatable bonds is 6. The monoisotopic (exact) mass is 338 g/mol. The van der Waals surface area contributed by atoms with E-state index in [-0.39, 0.29) is 18.6 Å². The Hall–Kier alpha value is -2.95. The van der Waals surface area contributed by atoms with Gasteiger partial charge in [-0.1, -0.05) is 48.9 Å². The summed E-state index contributed by atoms with van der Waals surface area (Å²) in [5.41, 5.74) is 7.93. The molecule has 0 aliphatic rings. The van der Waals surface area contributed by atoms with Gasteiger partial charge in [0.2, 0.25) is 5.91 Å².